The Balaban J connectivity index is 1.35. The van der Waals surface area contributed by atoms with Gasteiger partial charge in [0.25, 0.3) is 0 Å². The van der Waals surface area contributed by atoms with Crippen LogP contribution < -0.4 is 10.4 Å². The summed E-state index contributed by atoms with van der Waals surface area (Å²) >= 11 is 0. The molecule has 8 rings (SSSR count). The van der Waals surface area contributed by atoms with E-state index in [1.54, 1.807) is 6.07 Å². The average Bonchev–Trinajstić information content (AvgIpc) is 3.50. The normalized spacial score (nSPS) is 11.3. The molecule has 0 saturated carbocycles. The number of hydrogen-bond donors (Lipinski definition) is 2. The number of anilines is 3. The lowest BCUT2D eigenvalue weighted by molar-refractivity contribution is 0.425. The summed E-state index contributed by atoms with van der Waals surface area (Å²) in [7, 11) is -1.67. The highest BCUT2D eigenvalue weighted by Gasteiger charge is 2.25. The van der Waals surface area contributed by atoms with Crippen molar-refractivity contribution in [2.75, 3.05) is 4.90 Å². The summed E-state index contributed by atoms with van der Waals surface area (Å²) in [4.78, 5) is 2.20. The molecule has 0 amide bonds. The number of fused-ring (bicyclic) bond motifs is 5. The fourth-order valence-corrected chi connectivity index (χ4v) is 6.32. The van der Waals surface area contributed by atoms with E-state index in [0.29, 0.717) is 16.6 Å². The van der Waals surface area contributed by atoms with Crippen LogP contribution in [-0.2, 0) is 0 Å². The Labute approximate surface area is 261 Å². The van der Waals surface area contributed by atoms with Gasteiger partial charge < -0.3 is 19.4 Å². The lowest BCUT2D eigenvalue weighted by Gasteiger charge is -2.26. The van der Waals surface area contributed by atoms with Crippen LogP contribution in [-0.4, -0.2) is 17.2 Å². The molecule has 7 aromatic carbocycles. The van der Waals surface area contributed by atoms with Crippen LogP contribution in [0.25, 0.3) is 55.0 Å². The second-order valence-corrected chi connectivity index (χ2v) is 11.2. The quantitative estimate of drug-likeness (QED) is 0.192. The third-order valence-corrected chi connectivity index (χ3v) is 8.48. The molecule has 2 N–H and O–H groups in total. The minimum atomic E-state index is -1.67. The van der Waals surface area contributed by atoms with Crippen LogP contribution in [0.2, 0.25) is 0 Å². The zero-order chi connectivity index (χ0) is 30.3. The molecule has 5 heteroatoms. The van der Waals surface area contributed by atoms with Gasteiger partial charge in [-0.15, -0.1) is 0 Å². The van der Waals surface area contributed by atoms with Crippen LogP contribution >= 0.6 is 0 Å². The summed E-state index contributed by atoms with van der Waals surface area (Å²) in [6.45, 7) is 0. The molecule has 1 aromatic heterocycles. The van der Waals surface area contributed by atoms with Gasteiger partial charge in [-0.05, 0) is 63.4 Å². The summed E-state index contributed by atoms with van der Waals surface area (Å²) in [6, 6.07) is 53.7. The third kappa shape index (κ3) is 4.75. The Morgan fingerprint density at radius 2 is 0.978 bits per heavy atom. The predicted octanol–water partition coefficient (Wildman–Crippen LogP) is 9.22. The van der Waals surface area contributed by atoms with Gasteiger partial charge in [0.05, 0.1) is 5.69 Å². The summed E-state index contributed by atoms with van der Waals surface area (Å²) in [5, 5.41) is 24.4. The Bertz CT molecular complexity index is 2200. The van der Waals surface area contributed by atoms with E-state index in [1.165, 1.54) is 0 Å². The van der Waals surface area contributed by atoms with Crippen LogP contribution in [0.3, 0.4) is 0 Å². The van der Waals surface area contributed by atoms with Gasteiger partial charge in [0.2, 0.25) is 0 Å². The zero-order valence-electron chi connectivity index (χ0n) is 24.3. The van der Waals surface area contributed by atoms with Gasteiger partial charge in [-0.25, -0.2) is 0 Å². The molecule has 1 heterocycles. The van der Waals surface area contributed by atoms with Crippen molar-refractivity contribution < 1.29 is 14.5 Å². The van der Waals surface area contributed by atoms with Crippen LogP contribution in [0.15, 0.2) is 162 Å². The molecule has 8 aromatic rings. The Morgan fingerprint density at radius 3 is 1.56 bits per heavy atom. The lowest BCUT2D eigenvalue weighted by Crippen LogP contribution is -2.30. The number of nitrogens with zero attached hydrogens (tertiary/aromatic N) is 1. The molecule has 0 aliphatic carbocycles. The highest BCUT2D eigenvalue weighted by Crippen LogP contribution is 2.44. The fourth-order valence-electron chi connectivity index (χ4n) is 6.32. The van der Waals surface area contributed by atoms with Crippen LogP contribution in [0.1, 0.15) is 0 Å². The van der Waals surface area contributed by atoms with Crippen molar-refractivity contribution >= 4 is 62.4 Å². The van der Waals surface area contributed by atoms with Crippen molar-refractivity contribution in [2.24, 2.45) is 0 Å². The number of hydrogen-bond acceptors (Lipinski definition) is 4. The summed E-state index contributed by atoms with van der Waals surface area (Å²) < 4.78 is 6.63. The minimum absolute atomic E-state index is 0.344. The standard InChI is InChI=1S/C40H28BNO3/c43-41(44)36-26-31-14-7-8-15-34(31)38-35-16-9-17-37(39(35)45-40(36)38)42(32-22-18-29(19-23-32)27-10-3-1-4-11-27)33-24-20-30(21-25-33)28-12-5-2-6-13-28/h1-26,43-44H. The van der Waals surface area contributed by atoms with Gasteiger partial charge in [-0.2, -0.15) is 0 Å². The average molecular weight is 581 g/mol. The highest BCUT2D eigenvalue weighted by molar-refractivity contribution is 6.62. The minimum Gasteiger partial charge on any atom is -0.454 e. The molecule has 0 aliphatic rings. The summed E-state index contributed by atoms with van der Waals surface area (Å²) in [6.07, 6.45) is 0. The van der Waals surface area contributed by atoms with Gasteiger partial charge in [0, 0.05) is 27.6 Å². The van der Waals surface area contributed by atoms with E-state index in [1.807, 2.05) is 66.7 Å². The number of benzene rings is 7. The predicted molar refractivity (Wildman–Crippen MR) is 187 cm³/mol. The van der Waals surface area contributed by atoms with E-state index in [0.717, 1.165) is 60.9 Å². The van der Waals surface area contributed by atoms with Crippen molar-refractivity contribution in [3.8, 4) is 22.3 Å². The molecule has 45 heavy (non-hydrogen) atoms. The van der Waals surface area contributed by atoms with Gasteiger partial charge in [0.15, 0.2) is 5.58 Å². The molecule has 4 nitrogen and oxygen atoms in total. The van der Waals surface area contributed by atoms with Crippen LogP contribution in [0, 0.1) is 0 Å². The monoisotopic (exact) mass is 581 g/mol. The van der Waals surface area contributed by atoms with Crippen molar-refractivity contribution in [2.45, 2.75) is 0 Å². The maximum Gasteiger partial charge on any atom is 0.492 e. The molecule has 0 atom stereocenters. The molecule has 0 saturated heterocycles. The van der Waals surface area contributed by atoms with Gasteiger partial charge in [-0.3, -0.25) is 0 Å². The zero-order valence-corrected chi connectivity index (χ0v) is 24.3. The Hall–Kier alpha value is -5.62. The fraction of sp³-hybridized carbons (Fsp3) is 0. The smallest absolute Gasteiger partial charge is 0.454 e. The van der Waals surface area contributed by atoms with Gasteiger partial charge in [-0.1, -0.05) is 127 Å². The maximum absolute atomic E-state index is 10.4. The van der Waals surface area contributed by atoms with E-state index >= 15 is 0 Å². The van der Waals surface area contributed by atoms with Crippen LogP contribution in [0.4, 0.5) is 17.1 Å². The van der Waals surface area contributed by atoms with Crippen molar-refractivity contribution in [3.05, 3.63) is 158 Å². The Morgan fingerprint density at radius 1 is 0.467 bits per heavy atom. The number of rotatable bonds is 6. The molecular weight excluding hydrogens is 553 g/mol. The first-order valence-corrected chi connectivity index (χ1v) is 15.0. The third-order valence-electron chi connectivity index (χ3n) is 8.48. The Kier molecular flexibility index (Phi) is 6.68. The molecule has 214 valence electrons. The molecule has 0 unspecified atom stereocenters. The van der Waals surface area contributed by atoms with E-state index in [-0.39, 0.29) is 0 Å². The van der Waals surface area contributed by atoms with E-state index in [9.17, 15) is 10.0 Å². The highest BCUT2D eigenvalue weighted by atomic mass is 16.4. The van der Waals surface area contributed by atoms with Crippen molar-refractivity contribution in [1.82, 2.24) is 0 Å². The molecule has 0 bridgehead atoms. The summed E-state index contributed by atoms with van der Waals surface area (Å²) in [5.41, 5.74) is 8.87. The van der Waals surface area contributed by atoms with E-state index < -0.39 is 7.12 Å². The largest absolute Gasteiger partial charge is 0.492 e. The topological polar surface area (TPSA) is 56.8 Å². The first kappa shape index (κ1) is 27.0. The second-order valence-electron chi connectivity index (χ2n) is 11.2. The van der Waals surface area contributed by atoms with Gasteiger partial charge in [0.1, 0.15) is 5.58 Å². The maximum atomic E-state index is 10.4. The van der Waals surface area contributed by atoms with E-state index in [4.69, 9.17) is 4.42 Å². The first-order valence-electron chi connectivity index (χ1n) is 15.0. The molecule has 0 spiro atoms. The van der Waals surface area contributed by atoms with Crippen molar-refractivity contribution in [3.63, 3.8) is 0 Å². The SMILES string of the molecule is OB(O)c1cc2ccccc2c2c1oc1c(N(c3ccc(-c4ccccc4)cc3)c3ccc(-c4ccccc4)cc3)cccc12. The van der Waals surface area contributed by atoms with Gasteiger partial charge >= 0.3 is 7.12 Å². The van der Waals surface area contributed by atoms with Crippen molar-refractivity contribution in [1.29, 1.82) is 0 Å². The molecule has 0 fully saturated rings. The number of para-hydroxylation sites is 1. The second kappa shape index (κ2) is 11.1. The first-order chi connectivity index (χ1) is 22.2. The lowest BCUT2D eigenvalue weighted by atomic mass is 9.78. The summed E-state index contributed by atoms with van der Waals surface area (Å²) in [5.74, 6) is 0. The molecule has 0 radical (unpaired) electrons. The molecule has 0 aliphatic heterocycles. The molecular formula is C40H28BNO3. The number of furan rings is 1. The van der Waals surface area contributed by atoms with E-state index in [2.05, 4.69) is 89.8 Å². The van der Waals surface area contributed by atoms with Crippen LogP contribution in [0.5, 0.6) is 0 Å².